The molecule has 100 valence electrons. The summed E-state index contributed by atoms with van der Waals surface area (Å²) in [6, 6.07) is 4.96. The average molecular weight is 271 g/mol. The molecule has 0 bridgehead atoms. The van der Waals surface area contributed by atoms with Crippen LogP contribution in [0.15, 0.2) is 18.2 Å². The first-order valence-electron chi connectivity index (χ1n) is 5.82. The van der Waals surface area contributed by atoms with Crippen LogP contribution in [0.3, 0.4) is 0 Å². The molecule has 0 heterocycles. The van der Waals surface area contributed by atoms with E-state index < -0.39 is 5.60 Å². The summed E-state index contributed by atoms with van der Waals surface area (Å²) in [5.41, 5.74) is 5.47. The fourth-order valence-electron chi connectivity index (χ4n) is 1.72. The van der Waals surface area contributed by atoms with E-state index in [0.717, 1.165) is 0 Å². The molecular formula is C13H19ClN2O2. The molecule has 5 heteroatoms. The third kappa shape index (κ3) is 3.62. The van der Waals surface area contributed by atoms with E-state index in [0.29, 0.717) is 22.8 Å². The molecule has 0 radical (unpaired) electrons. The van der Waals surface area contributed by atoms with Gasteiger partial charge in [-0.15, -0.1) is 0 Å². The number of amides is 1. The van der Waals surface area contributed by atoms with Crippen LogP contribution in [0.1, 0.15) is 31.1 Å². The summed E-state index contributed by atoms with van der Waals surface area (Å²) in [5, 5.41) is 10.1. The fraction of sp³-hybridized carbons (Fsp3) is 0.462. The van der Waals surface area contributed by atoms with Gasteiger partial charge in [-0.25, -0.2) is 0 Å². The Balaban J connectivity index is 3.04. The van der Waals surface area contributed by atoms with Crippen molar-refractivity contribution in [2.75, 3.05) is 18.8 Å². The molecule has 0 aromatic heterocycles. The molecule has 1 amide bonds. The molecule has 1 aromatic carbocycles. The van der Waals surface area contributed by atoms with Gasteiger partial charge in [0.1, 0.15) is 0 Å². The van der Waals surface area contributed by atoms with E-state index in [4.69, 9.17) is 17.3 Å². The van der Waals surface area contributed by atoms with E-state index in [9.17, 15) is 9.90 Å². The summed E-state index contributed by atoms with van der Waals surface area (Å²) >= 11 is 6.01. The molecular weight excluding hydrogens is 252 g/mol. The predicted molar refractivity (Wildman–Crippen MR) is 73.7 cm³/mol. The number of aliphatic hydroxyl groups is 1. The number of benzene rings is 1. The summed E-state index contributed by atoms with van der Waals surface area (Å²) in [6.45, 7) is 5.86. The lowest BCUT2D eigenvalue weighted by Crippen LogP contribution is -2.42. The van der Waals surface area contributed by atoms with E-state index in [1.807, 2.05) is 6.92 Å². The van der Waals surface area contributed by atoms with Gasteiger partial charge < -0.3 is 15.7 Å². The third-order valence-electron chi connectivity index (χ3n) is 2.51. The summed E-state index contributed by atoms with van der Waals surface area (Å²) in [7, 11) is 0. The molecule has 0 saturated heterocycles. The highest BCUT2D eigenvalue weighted by Crippen LogP contribution is 2.24. The van der Waals surface area contributed by atoms with Crippen molar-refractivity contribution in [3.05, 3.63) is 28.8 Å². The van der Waals surface area contributed by atoms with Crippen LogP contribution >= 0.6 is 11.6 Å². The molecule has 0 atom stereocenters. The highest BCUT2D eigenvalue weighted by Gasteiger charge is 2.24. The van der Waals surface area contributed by atoms with Gasteiger partial charge in [0, 0.05) is 18.8 Å². The monoisotopic (exact) mass is 270 g/mol. The number of anilines is 1. The van der Waals surface area contributed by atoms with Crippen molar-refractivity contribution in [2.24, 2.45) is 0 Å². The summed E-state index contributed by atoms with van der Waals surface area (Å²) in [5.74, 6) is -0.261. The Morgan fingerprint density at radius 2 is 2.11 bits per heavy atom. The number of nitrogen functional groups attached to an aromatic ring is 1. The Labute approximate surface area is 112 Å². The number of halogens is 1. The highest BCUT2D eigenvalue weighted by atomic mass is 35.5. The number of hydrogen-bond acceptors (Lipinski definition) is 3. The van der Waals surface area contributed by atoms with Crippen molar-refractivity contribution in [2.45, 2.75) is 26.4 Å². The molecule has 0 saturated carbocycles. The Bertz CT molecular complexity index is 421. The lowest BCUT2D eigenvalue weighted by atomic mass is 10.1. The molecule has 4 nitrogen and oxygen atoms in total. The maximum Gasteiger partial charge on any atom is 0.257 e. The second-order valence-electron chi connectivity index (χ2n) is 4.84. The largest absolute Gasteiger partial charge is 0.398 e. The van der Waals surface area contributed by atoms with Gasteiger partial charge in [-0.3, -0.25) is 4.79 Å². The Hall–Kier alpha value is -1.26. The van der Waals surface area contributed by atoms with E-state index in [2.05, 4.69) is 0 Å². The normalized spacial score (nSPS) is 11.4. The van der Waals surface area contributed by atoms with Gasteiger partial charge in [0.15, 0.2) is 0 Å². The van der Waals surface area contributed by atoms with Crippen LogP contribution in [-0.2, 0) is 0 Å². The van der Waals surface area contributed by atoms with Crippen molar-refractivity contribution < 1.29 is 9.90 Å². The van der Waals surface area contributed by atoms with Crippen LogP contribution in [0.4, 0.5) is 5.69 Å². The van der Waals surface area contributed by atoms with Crippen molar-refractivity contribution in [3.8, 4) is 0 Å². The van der Waals surface area contributed by atoms with Gasteiger partial charge in [0.05, 0.1) is 16.2 Å². The number of hydrogen-bond donors (Lipinski definition) is 2. The van der Waals surface area contributed by atoms with Crippen LogP contribution in [0.25, 0.3) is 0 Å². The van der Waals surface area contributed by atoms with Gasteiger partial charge in [-0.1, -0.05) is 17.7 Å². The molecule has 0 aliphatic heterocycles. The van der Waals surface area contributed by atoms with Crippen LogP contribution < -0.4 is 5.73 Å². The van der Waals surface area contributed by atoms with Crippen molar-refractivity contribution >= 4 is 23.2 Å². The van der Waals surface area contributed by atoms with Gasteiger partial charge in [-0.2, -0.15) is 0 Å². The van der Waals surface area contributed by atoms with E-state index in [1.165, 1.54) is 4.90 Å². The number of carbonyl (C=O) groups is 1. The van der Waals surface area contributed by atoms with Crippen molar-refractivity contribution in [1.29, 1.82) is 0 Å². The van der Waals surface area contributed by atoms with Crippen molar-refractivity contribution in [3.63, 3.8) is 0 Å². The first-order valence-corrected chi connectivity index (χ1v) is 6.19. The quantitative estimate of drug-likeness (QED) is 0.824. The van der Waals surface area contributed by atoms with Crippen LogP contribution in [0.5, 0.6) is 0 Å². The molecule has 0 spiro atoms. The number of carbonyl (C=O) groups excluding carboxylic acids is 1. The highest BCUT2D eigenvalue weighted by molar-refractivity contribution is 6.34. The number of likely N-dealkylation sites (N-methyl/N-ethyl adjacent to an activating group) is 1. The average Bonchev–Trinajstić information content (AvgIpc) is 2.24. The minimum atomic E-state index is -0.957. The number of nitrogens with two attached hydrogens (primary N) is 1. The van der Waals surface area contributed by atoms with Gasteiger partial charge >= 0.3 is 0 Å². The zero-order valence-electron chi connectivity index (χ0n) is 10.9. The molecule has 18 heavy (non-hydrogen) atoms. The summed E-state index contributed by atoms with van der Waals surface area (Å²) in [4.78, 5) is 13.9. The number of rotatable bonds is 4. The third-order valence-corrected chi connectivity index (χ3v) is 2.82. The topological polar surface area (TPSA) is 66.6 Å². The van der Waals surface area contributed by atoms with Gasteiger partial charge in [0.2, 0.25) is 0 Å². The molecule has 0 unspecified atom stereocenters. The maximum absolute atomic E-state index is 12.3. The Kier molecular flexibility index (Phi) is 4.59. The Morgan fingerprint density at radius 1 is 1.50 bits per heavy atom. The maximum atomic E-state index is 12.3. The first kappa shape index (κ1) is 14.8. The van der Waals surface area contributed by atoms with Crippen molar-refractivity contribution in [1.82, 2.24) is 4.90 Å². The van der Waals surface area contributed by atoms with E-state index in [1.54, 1.807) is 32.0 Å². The van der Waals surface area contributed by atoms with Gasteiger partial charge in [-0.05, 0) is 32.9 Å². The fourth-order valence-corrected chi connectivity index (χ4v) is 1.98. The molecule has 3 N–H and O–H groups in total. The zero-order valence-corrected chi connectivity index (χ0v) is 11.7. The minimum absolute atomic E-state index is 0.229. The lowest BCUT2D eigenvalue weighted by Gasteiger charge is -2.28. The van der Waals surface area contributed by atoms with Crippen LogP contribution in [-0.4, -0.2) is 34.6 Å². The molecule has 0 aliphatic carbocycles. The minimum Gasteiger partial charge on any atom is -0.398 e. The first-order chi connectivity index (χ1) is 8.26. The van der Waals surface area contributed by atoms with Crippen LogP contribution in [0, 0.1) is 0 Å². The molecule has 1 rings (SSSR count). The zero-order chi connectivity index (χ0) is 13.9. The number of nitrogens with zero attached hydrogens (tertiary/aromatic N) is 1. The molecule has 1 aromatic rings. The standard InChI is InChI=1S/C13H19ClN2O2/c1-4-16(8-13(2,3)18)12(17)11-9(14)6-5-7-10(11)15/h5-7,18H,4,8,15H2,1-3H3. The van der Waals surface area contributed by atoms with E-state index in [-0.39, 0.29) is 12.5 Å². The summed E-state index contributed by atoms with van der Waals surface area (Å²) in [6.07, 6.45) is 0. The summed E-state index contributed by atoms with van der Waals surface area (Å²) < 4.78 is 0. The second-order valence-corrected chi connectivity index (χ2v) is 5.24. The second kappa shape index (κ2) is 5.59. The predicted octanol–water partition coefficient (Wildman–Crippen LogP) is 2.16. The van der Waals surface area contributed by atoms with E-state index >= 15 is 0 Å². The molecule has 0 fully saturated rings. The van der Waals surface area contributed by atoms with Crippen LogP contribution in [0.2, 0.25) is 5.02 Å². The molecule has 0 aliphatic rings. The Morgan fingerprint density at radius 3 is 2.56 bits per heavy atom. The smallest absolute Gasteiger partial charge is 0.257 e. The van der Waals surface area contributed by atoms with Gasteiger partial charge in [0.25, 0.3) is 5.91 Å². The lowest BCUT2D eigenvalue weighted by molar-refractivity contribution is 0.0315. The SMILES string of the molecule is CCN(CC(C)(C)O)C(=O)c1c(N)cccc1Cl.